The molecule has 2 fully saturated rings. The van der Waals surface area contributed by atoms with Gasteiger partial charge in [0.1, 0.15) is 29.0 Å². The topological polar surface area (TPSA) is 126 Å². The number of carbonyl (C=O) groups excluding carboxylic acids is 1. The number of fused-ring (bicyclic) bond motifs is 1. The van der Waals surface area contributed by atoms with Crippen LogP contribution in [0.5, 0.6) is 5.88 Å². The van der Waals surface area contributed by atoms with Crippen molar-refractivity contribution in [3.63, 3.8) is 0 Å². The molecule has 0 radical (unpaired) electrons. The third-order valence-corrected chi connectivity index (χ3v) is 5.61. The molecule has 4 N–H and O–H groups in total. The number of hydrogen-bond donors (Lipinski definition) is 4. The van der Waals surface area contributed by atoms with Crippen LogP contribution < -0.4 is 20.7 Å². The summed E-state index contributed by atoms with van der Waals surface area (Å²) >= 11 is 0. The molecule has 0 aromatic carbocycles. The van der Waals surface area contributed by atoms with E-state index in [0.29, 0.717) is 40.8 Å². The molecule has 0 saturated heterocycles. The number of nitrogens with one attached hydrogen (secondary N) is 3. The number of carbonyl (C=O) groups is 1. The van der Waals surface area contributed by atoms with Crippen molar-refractivity contribution in [3.8, 4) is 5.88 Å². The molecule has 162 valence electrons. The van der Waals surface area contributed by atoms with Crippen LogP contribution in [0.4, 0.5) is 17.3 Å². The molecular weight excluding hydrogens is 398 g/mol. The van der Waals surface area contributed by atoms with Crippen LogP contribution in [0.3, 0.4) is 0 Å². The van der Waals surface area contributed by atoms with Gasteiger partial charge in [-0.25, -0.2) is 9.97 Å². The number of ether oxygens (including phenoxy) is 1. The van der Waals surface area contributed by atoms with Crippen LogP contribution in [0.15, 0.2) is 30.6 Å². The van der Waals surface area contributed by atoms with E-state index in [1.54, 1.807) is 23.8 Å². The molecule has 3 aromatic rings. The summed E-state index contributed by atoms with van der Waals surface area (Å²) < 4.78 is 7.46. The van der Waals surface area contributed by atoms with Crippen LogP contribution in [-0.4, -0.2) is 55.9 Å². The first-order chi connectivity index (χ1) is 15.1. The number of nitrogens with zero attached hydrogens (tertiary/aromatic N) is 4. The predicted molar refractivity (Wildman–Crippen MR) is 115 cm³/mol. The Hall–Kier alpha value is -3.40. The Morgan fingerprint density at radius 3 is 2.90 bits per heavy atom. The molecule has 1 amide bonds. The second kappa shape index (κ2) is 8.03. The van der Waals surface area contributed by atoms with E-state index in [1.807, 2.05) is 12.1 Å². The monoisotopic (exact) mass is 423 g/mol. The van der Waals surface area contributed by atoms with Crippen molar-refractivity contribution in [1.82, 2.24) is 24.9 Å². The van der Waals surface area contributed by atoms with E-state index in [-0.39, 0.29) is 18.1 Å². The number of aromatic nitrogens is 4. The Morgan fingerprint density at radius 1 is 1.29 bits per heavy atom. The molecule has 1 unspecified atom stereocenters. The van der Waals surface area contributed by atoms with Gasteiger partial charge in [-0.15, -0.1) is 0 Å². The number of anilines is 3. The number of hydrogen-bond acceptors (Lipinski definition) is 8. The average Bonchev–Trinajstić information content (AvgIpc) is 3.34. The number of pyridine rings is 1. The summed E-state index contributed by atoms with van der Waals surface area (Å²) in [4.78, 5) is 21.8. The molecule has 3 aromatic heterocycles. The van der Waals surface area contributed by atoms with Crippen LogP contribution in [0, 0.1) is 0 Å². The third-order valence-electron chi connectivity index (χ3n) is 5.61. The van der Waals surface area contributed by atoms with Crippen molar-refractivity contribution >= 4 is 28.9 Å². The second-order valence-electron chi connectivity index (χ2n) is 7.95. The van der Waals surface area contributed by atoms with Gasteiger partial charge in [0.05, 0.1) is 18.3 Å². The lowest BCUT2D eigenvalue weighted by Crippen LogP contribution is -2.39. The number of amides is 1. The number of rotatable bonds is 7. The van der Waals surface area contributed by atoms with Gasteiger partial charge in [0.15, 0.2) is 5.65 Å². The molecule has 2 atom stereocenters. The molecule has 31 heavy (non-hydrogen) atoms. The molecular formula is C21H25N7O3. The quantitative estimate of drug-likeness (QED) is 0.455. The van der Waals surface area contributed by atoms with Gasteiger partial charge >= 0.3 is 0 Å². The number of aliphatic hydroxyl groups excluding tert-OH is 1. The number of aliphatic hydroxyl groups is 1. The van der Waals surface area contributed by atoms with Crippen LogP contribution in [0.25, 0.3) is 5.65 Å². The van der Waals surface area contributed by atoms with Gasteiger partial charge < -0.3 is 25.8 Å². The molecule has 10 heteroatoms. The molecule has 5 rings (SSSR count). The smallest absolute Gasteiger partial charge is 0.257 e. The van der Waals surface area contributed by atoms with Crippen molar-refractivity contribution in [1.29, 1.82) is 0 Å². The van der Waals surface area contributed by atoms with Crippen LogP contribution in [0.1, 0.15) is 42.5 Å². The summed E-state index contributed by atoms with van der Waals surface area (Å²) in [5, 5.41) is 23.6. The predicted octanol–water partition coefficient (Wildman–Crippen LogP) is 2.09. The summed E-state index contributed by atoms with van der Waals surface area (Å²) in [6, 6.07) is 5.26. The first-order valence-electron chi connectivity index (χ1n) is 10.6. The zero-order valence-corrected chi connectivity index (χ0v) is 17.2. The van der Waals surface area contributed by atoms with E-state index < -0.39 is 6.10 Å². The molecule has 0 aliphatic heterocycles. The van der Waals surface area contributed by atoms with Gasteiger partial charge in [-0.1, -0.05) is 0 Å². The highest BCUT2D eigenvalue weighted by Crippen LogP contribution is 2.32. The maximum Gasteiger partial charge on any atom is 0.257 e. The minimum atomic E-state index is -0.515. The fraction of sp³-hybridized carbons (Fsp3) is 0.429. The van der Waals surface area contributed by atoms with Gasteiger partial charge in [-0.2, -0.15) is 9.61 Å². The summed E-state index contributed by atoms with van der Waals surface area (Å²) in [7, 11) is 1.78. The van der Waals surface area contributed by atoms with Gasteiger partial charge in [-0.3, -0.25) is 4.79 Å². The van der Waals surface area contributed by atoms with Crippen molar-refractivity contribution < 1.29 is 14.6 Å². The average molecular weight is 423 g/mol. The maximum absolute atomic E-state index is 12.9. The fourth-order valence-electron chi connectivity index (χ4n) is 3.78. The molecule has 2 aliphatic rings. The van der Waals surface area contributed by atoms with Crippen LogP contribution >= 0.6 is 0 Å². The minimum absolute atomic E-state index is 0.217. The molecule has 2 saturated carbocycles. The first kappa shape index (κ1) is 19.6. The first-order valence-corrected chi connectivity index (χ1v) is 10.6. The Morgan fingerprint density at radius 2 is 2.16 bits per heavy atom. The normalized spacial score (nSPS) is 20.6. The Kier molecular flexibility index (Phi) is 5.06. The molecule has 0 bridgehead atoms. The summed E-state index contributed by atoms with van der Waals surface area (Å²) in [6.07, 6.45) is 7.32. The van der Waals surface area contributed by atoms with E-state index in [9.17, 15) is 9.90 Å². The van der Waals surface area contributed by atoms with E-state index in [2.05, 4.69) is 31.0 Å². The summed E-state index contributed by atoms with van der Waals surface area (Å²) in [5.74, 6) is 1.42. The third kappa shape index (κ3) is 3.98. The van der Waals surface area contributed by atoms with Crippen LogP contribution in [0.2, 0.25) is 0 Å². The van der Waals surface area contributed by atoms with E-state index in [4.69, 9.17) is 4.74 Å². The fourth-order valence-corrected chi connectivity index (χ4v) is 3.78. The van der Waals surface area contributed by atoms with E-state index in [0.717, 1.165) is 25.7 Å². The van der Waals surface area contributed by atoms with E-state index in [1.165, 1.54) is 6.20 Å². The Labute approximate surface area is 179 Å². The van der Waals surface area contributed by atoms with Crippen LogP contribution in [-0.2, 0) is 0 Å². The van der Waals surface area contributed by atoms with Crippen molar-refractivity contribution in [2.45, 2.75) is 50.4 Å². The van der Waals surface area contributed by atoms with E-state index >= 15 is 0 Å². The SMILES string of the molecule is CNc1cc(Nc2cccnc2OC2CC2)nc2c(C(=O)NC3CCC[C@H]3O)cnn12. The zero-order valence-electron chi connectivity index (χ0n) is 17.2. The highest BCUT2D eigenvalue weighted by Gasteiger charge is 2.28. The van der Waals surface area contributed by atoms with Gasteiger partial charge in [-0.05, 0) is 44.2 Å². The van der Waals surface area contributed by atoms with Crippen molar-refractivity contribution in [2.24, 2.45) is 0 Å². The molecule has 2 aliphatic carbocycles. The highest BCUT2D eigenvalue weighted by atomic mass is 16.5. The van der Waals surface area contributed by atoms with Crippen molar-refractivity contribution in [2.75, 3.05) is 17.7 Å². The minimum Gasteiger partial charge on any atom is -0.473 e. The van der Waals surface area contributed by atoms with Crippen molar-refractivity contribution in [3.05, 3.63) is 36.2 Å². The highest BCUT2D eigenvalue weighted by molar-refractivity contribution is 6.00. The lowest BCUT2D eigenvalue weighted by atomic mass is 10.2. The maximum atomic E-state index is 12.9. The summed E-state index contributed by atoms with van der Waals surface area (Å²) in [5.41, 5.74) is 1.46. The molecule has 10 nitrogen and oxygen atoms in total. The standard InChI is InChI=1S/C21H25N7O3/c1-22-18-10-17(25-15-5-3-9-23-21(15)31-12-7-8-12)27-19-13(11-24-28(18)19)20(30)26-14-4-2-6-16(14)29/h3,5,9-12,14,16,22,29H,2,4,6-8H2,1H3,(H,25,27)(H,26,30)/t14?,16-/m1/s1. The van der Waals surface area contributed by atoms with Gasteiger partial charge in [0.25, 0.3) is 5.91 Å². The Bertz CT molecular complexity index is 1110. The zero-order chi connectivity index (χ0) is 21.4. The lowest BCUT2D eigenvalue weighted by molar-refractivity contribution is 0.0874. The van der Waals surface area contributed by atoms with Gasteiger partial charge in [0.2, 0.25) is 5.88 Å². The van der Waals surface area contributed by atoms with Gasteiger partial charge in [0, 0.05) is 19.3 Å². The molecule has 0 spiro atoms. The Balaban J connectivity index is 1.46. The largest absolute Gasteiger partial charge is 0.473 e. The second-order valence-corrected chi connectivity index (χ2v) is 7.95. The molecule has 3 heterocycles. The lowest BCUT2D eigenvalue weighted by Gasteiger charge is -2.16. The summed E-state index contributed by atoms with van der Waals surface area (Å²) in [6.45, 7) is 0.